The van der Waals surface area contributed by atoms with Gasteiger partial charge in [0.15, 0.2) is 0 Å². The Balaban J connectivity index is 1.76. The minimum atomic E-state index is -4.39. The molecule has 0 saturated carbocycles. The van der Waals surface area contributed by atoms with Crippen molar-refractivity contribution in [1.29, 1.82) is 0 Å². The molecular formula is C14H19F3N4. The van der Waals surface area contributed by atoms with Crippen LogP contribution in [0.25, 0.3) is 0 Å². The third-order valence-electron chi connectivity index (χ3n) is 4.30. The Labute approximate surface area is 121 Å². The molecule has 2 N–H and O–H groups in total. The van der Waals surface area contributed by atoms with Crippen molar-refractivity contribution in [3.05, 3.63) is 17.7 Å². The number of halogens is 3. The fraction of sp³-hybridized carbons (Fsp3) is 0.643. The number of nitrogens with zero attached hydrogens (tertiary/aromatic N) is 3. The highest BCUT2D eigenvalue weighted by molar-refractivity contribution is 5.50. The number of hydrogen-bond donors (Lipinski definition) is 1. The molecule has 0 aromatic carbocycles. The first-order valence-electron chi connectivity index (χ1n) is 7.27. The van der Waals surface area contributed by atoms with Gasteiger partial charge in [-0.3, -0.25) is 4.90 Å². The second-order valence-electron chi connectivity index (χ2n) is 5.77. The highest BCUT2D eigenvalue weighted by Crippen LogP contribution is 2.33. The van der Waals surface area contributed by atoms with Crippen LogP contribution in [-0.4, -0.2) is 42.1 Å². The second kappa shape index (κ2) is 5.36. The number of alkyl halides is 3. The molecule has 0 aliphatic carbocycles. The normalized spacial score (nSPS) is 24.0. The zero-order valence-electron chi connectivity index (χ0n) is 11.7. The van der Waals surface area contributed by atoms with E-state index in [1.807, 2.05) is 4.90 Å². The van der Waals surface area contributed by atoms with Gasteiger partial charge in [-0.1, -0.05) is 0 Å². The van der Waals surface area contributed by atoms with Gasteiger partial charge in [-0.05, 0) is 44.5 Å². The summed E-state index contributed by atoms with van der Waals surface area (Å²) in [7, 11) is 0. The summed E-state index contributed by atoms with van der Waals surface area (Å²) in [5.74, 6) is 0.258. The zero-order valence-corrected chi connectivity index (χ0v) is 11.7. The molecule has 1 atom stereocenters. The molecule has 2 aliphatic rings. The van der Waals surface area contributed by atoms with E-state index >= 15 is 0 Å². The summed E-state index contributed by atoms with van der Waals surface area (Å²) in [5, 5.41) is 0. The highest BCUT2D eigenvalue weighted by Gasteiger charge is 2.34. The first-order chi connectivity index (χ1) is 9.93. The average Bonchev–Trinajstić information content (AvgIpc) is 3.08. The van der Waals surface area contributed by atoms with Crippen LogP contribution in [0.3, 0.4) is 0 Å². The van der Waals surface area contributed by atoms with E-state index in [1.54, 1.807) is 0 Å². The molecule has 7 heteroatoms. The molecule has 0 amide bonds. The second-order valence-corrected chi connectivity index (χ2v) is 5.77. The lowest BCUT2D eigenvalue weighted by atomic mass is 10.2. The number of pyridine rings is 1. The predicted octanol–water partition coefficient (Wildman–Crippen LogP) is 2.36. The largest absolute Gasteiger partial charge is 0.416 e. The summed E-state index contributed by atoms with van der Waals surface area (Å²) < 4.78 is 38.5. The molecule has 3 heterocycles. The maximum absolute atomic E-state index is 12.8. The molecule has 1 aromatic rings. The van der Waals surface area contributed by atoms with Gasteiger partial charge in [0.2, 0.25) is 0 Å². The van der Waals surface area contributed by atoms with Crippen molar-refractivity contribution in [3.8, 4) is 0 Å². The summed E-state index contributed by atoms with van der Waals surface area (Å²) in [5.41, 5.74) is 4.81. The Bertz CT molecular complexity index is 511. The summed E-state index contributed by atoms with van der Waals surface area (Å²) in [6.45, 7) is 3.65. The lowest BCUT2D eigenvalue weighted by Crippen LogP contribution is -2.35. The van der Waals surface area contributed by atoms with Crippen LogP contribution in [0.1, 0.15) is 24.8 Å². The van der Waals surface area contributed by atoms with Crippen LogP contribution in [0.2, 0.25) is 0 Å². The topological polar surface area (TPSA) is 45.4 Å². The molecule has 2 aliphatic heterocycles. The molecule has 0 radical (unpaired) electrons. The fourth-order valence-corrected chi connectivity index (χ4v) is 3.22. The van der Waals surface area contributed by atoms with Crippen molar-refractivity contribution in [3.63, 3.8) is 0 Å². The van der Waals surface area contributed by atoms with Crippen molar-refractivity contribution in [2.24, 2.45) is 0 Å². The molecular weight excluding hydrogens is 281 g/mol. The van der Waals surface area contributed by atoms with Crippen LogP contribution >= 0.6 is 0 Å². The number of nitrogens with two attached hydrogens (primary N) is 1. The van der Waals surface area contributed by atoms with Crippen LogP contribution in [-0.2, 0) is 6.18 Å². The Morgan fingerprint density at radius 3 is 2.52 bits per heavy atom. The SMILES string of the molecule is Nc1cc(C(F)(F)F)cc(N2CCC(N3CCCC3)C2)n1. The van der Waals surface area contributed by atoms with Crippen LogP contribution in [0.5, 0.6) is 0 Å². The highest BCUT2D eigenvalue weighted by atomic mass is 19.4. The van der Waals surface area contributed by atoms with Crippen molar-refractivity contribution >= 4 is 11.6 Å². The Morgan fingerprint density at radius 1 is 1.14 bits per heavy atom. The van der Waals surface area contributed by atoms with E-state index in [2.05, 4.69) is 9.88 Å². The maximum Gasteiger partial charge on any atom is 0.416 e. The lowest BCUT2D eigenvalue weighted by Gasteiger charge is -2.24. The first kappa shape index (κ1) is 14.4. The van der Waals surface area contributed by atoms with Gasteiger partial charge in [0.1, 0.15) is 11.6 Å². The van der Waals surface area contributed by atoms with Crippen molar-refractivity contribution in [1.82, 2.24) is 9.88 Å². The number of nitrogen functional groups attached to an aromatic ring is 1. The van der Waals surface area contributed by atoms with Gasteiger partial charge >= 0.3 is 6.18 Å². The third kappa shape index (κ3) is 3.07. The number of rotatable bonds is 2. The van der Waals surface area contributed by atoms with Crippen molar-refractivity contribution in [2.75, 3.05) is 36.8 Å². The van der Waals surface area contributed by atoms with E-state index < -0.39 is 11.7 Å². The molecule has 0 bridgehead atoms. The standard InChI is InChI=1S/C14H19F3N4/c15-14(16,17)10-7-12(18)19-13(8-10)21-6-3-11(9-21)20-4-1-2-5-20/h7-8,11H,1-6,9H2,(H2,18,19). The molecule has 1 aromatic heterocycles. The van der Waals surface area contributed by atoms with E-state index in [-0.39, 0.29) is 5.82 Å². The van der Waals surface area contributed by atoms with Crippen LogP contribution in [0, 0.1) is 0 Å². The van der Waals surface area contributed by atoms with Gasteiger partial charge in [0.05, 0.1) is 5.56 Å². The van der Waals surface area contributed by atoms with Crippen molar-refractivity contribution in [2.45, 2.75) is 31.5 Å². The molecule has 3 rings (SSSR count). The Kier molecular flexibility index (Phi) is 3.69. The van der Waals surface area contributed by atoms with E-state index in [4.69, 9.17) is 5.73 Å². The van der Waals surface area contributed by atoms with Gasteiger partial charge in [-0.15, -0.1) is 0 Å². The minimum absolute atomic E-state index is 0.0792. The van der Waals surface area contributed by atoms with Gasteiger partial charge in [-0.25, -0.2) is 4.98 Å². The molecule has 2 fully saturated rings. The molecule has 1 unspecified atom stereocenters. The number of likely N-dealkylation sites (tertiary alicyclic amines) is 1. The van der Waals surface area contributed by atoms with Crippen LogP contribution in [0.4, 0.5) is 24.8 Å². The smallest absolute Gasteiger partial charge is 0.384 e. The van der Waals surface area contributed by atoms with E-state index in [9.17, 15) is 13.2 Å². The quantitative estimate of drug-likeness (QED) is 0.911. The Hall–Kier alpha value is -1.50. The molecule has 21 heavy (non-hydrogen) atoms. The van der Waals surface area contributed by atoms with E-state index in [0.717, 1.165) is 44.7 Å². The van der Waals surface area contributed by atoms with Crippen molar-refractivity contribution < 1.29 is 13.2 Å². The summed E-state index contributed by atoms with van der Waals surface area (Å²) in [6.07, 6.45) is -0.992. The molecule has 4 nitrogen and oxygen atoms in total. The number of hydrogen-bond acceptors (Lipinski definition) is 4. The minimum Gasteiger partial charge on any atom is -0.384 e. The average molecular weight is 300 g/mol. The summed E-state index contributed by atoms with van der Waals surface area (Å²) in [6, 6.07) is 2.41. The number of aromatic nitrogens is 1. The van der Waals surface area contributed by atoms with Gasteiger partial charge in [0, 0.05) is 19.1 Å². The third-order valence-corrected chi connectivity index (χ3v) is 4.30. The van der Waals surface area contributed by atoms with E-state index in [0.29, 0.717) is 11.9 Å². The fourth-order valence-electron chi connectivity index (χ4n) is 3.22. The predicted molar refractivity (Wildman–Crippen MR) is 75.1 cm³/mol. The molecule has 116 valence electrons. The number of anilines is 2. The summed E-state index contributed by atoms with van der Waals surface area (Å²) >= 11 is 0. The maximum atomic E-state index is 12.8. The zero-order chi connectivity index (χ0) is 15.0. The molecule has 2 saturated heterocycles. The van der Waals surface area contributed by atoms with Gasteiger partial charge in [0.25, 0.3) is 0 Å². The Morgan fingerprint density at radius 2 is 1.86 bits per heavy atom. The van der Waals surface area contributed by atoms with Gasteiger partial charge in [-0.2, -0.15) is 13.2 Å². The summed E-state index contributed by atoms with van der Waals surface area (Å²) in [4.78, 5) is 8.41. The molecule has 0 spiro atoms. The monoisotopic (exact) mass is 300 g/mol. The first-order valence-corrected chi connectivity index (χ1v) is 7.27. The van der Waals surface area contributed by atoms with E-state index in [1.165, 1.54) is 12.8 Å². The van der Waals surface area contributed by atoms with Crippen LogP contribution < -0.4 is 10.6 Å². The van der Waals surface area contributed by atoms with Crippen LogP contribution in [0.15, 0.2) is 12.1 Å². The lowest BCUT2D eigenvalue weighted by molar-refractivity contribution is -0.137. The van der Waals surface area contributed by atoms with Gasteiger partial charge < -0.3 is 10.6 Å².